The van der Waals surface area contributed by atoms with Gasteiger partial charge in [0.15, 0.2) is 0 Å². The van der Waals surface area contributed by atoms with E-state index in [-0.39, 0.29) is 5.41 Å². The summed E-state index contributed by atoms with van der Waals surface area (Å²) >= 11 is 0. The van der Waals surface area contributed by atoms with Gasteiger partial charge in [-0.3, -0.25) is 0 Å². The maximum atomic E-state index is 10.4. The molecule has 0 heterocycles. The van der Waals surface area contributed by atoms with Crippen molar-refractivity contribution in [2.45, 2.75) is 44.6 Å². The van der Waals surface area contributed by atoms with E-state index in [1.165, 1.54) is 19.3 Å². The molecule has 4 bridgehead atoms. The second-order valence-electron chi connectivity index (χ2n) is 6.32. The molecule has 4 saturated carbocycles. The van der Waals surface area contributed by atoms with Gasteiger partial charge in [-0.1, -0.05) is 6.58 Å². The van der Waals surface area contributed by atoms with Crippen molar-refractivity contribution in [3.63, 3.8) is 0 Å². The van der Waals surface area contributed by atoms with E-state index >= 15 is 0 Å². The molecule has 0 radical (unpaired) electrons. The zero-order valence-corrected chi connectivity index (χ0v) is 9.65. The molecular weight excluding hydrogens is 198 g/mol. The van der Waals surface area contributed by atoms with Crippen molar-refractivity contribution in [3.05, 3.63) is 12.2 Å². The van der Waals surface area contributed by atoms with E-state index in [9.17, 15) is 5.11 Å². The average Bonchev–Trinajstić information content (AvgIpc) is 2.25. The lowest BCUT2D eigenvalue weighted by atomic mass is 9.47. The summed E-state index contributed by atoms with van der Waals surface area (Å²) in [5.41, 5.74) is 0.392. The lowest BCUT2D eigenvalue weighted by molar-refractivity contribution is -0.106. The maximum Gasteiger partial charge on any atom is 0.0968 e. The number of rotatable bonds is 2. The van der Waals surface area contributed by atoms with Crippen molar-refractivity contribution < 1.29 is 5.11 Å². The summed E-state index contributed by atoms with van der Waals surface area (Å²) in [6.45, 7) is 3.72. The van der Waals surface area contributed by atoms with Gasteiger partial charge in [0.25, 0.3) is 0 Å². The van der Waals surface area contributed by atoms with Crippen LogP contribution in [-0.2, 0) is 0 Å². The summed E-state index contributed by atoms with van der Waals surface area (Å²) in [6.07, 6.45) is 6.90. The minimum Gasteiger partial charge on any atom is -0.387 e. The molecule has 0 amide bonds. The summed E-state index contributed by atoms with van der Waals surface area (Å²) in [5.74, 6) is 2.44. The quantitative estimate of drug-likeness (QED) is 0.723. The normalized spacial score (nSPS) is 46.4. The zero-order chi connectivity index (χ0) is 11.3. The monoisotopic (exact) mass is 217 g/mol. The van der Waals surface area contributed by atoms with Crippen LogP contribution in [-0.4, -0.2) is 11.2 Å². The van der Waals surface area contributed by atoms with Crippen molar-refractivity contribution in [3.8, 4) is 6.07 Å². The van der Waals surface area contributed by atoms with Crippen LogP contribution in [0.5, 0.6) is 0 Å². The van der Waals surface area contributed by atoms with Crippen LogP contribution >= 0.6 is 0 Å². The number of nitrogens with zero attached hydrogens (tertiary/aromatic N) is 1. The van der Waals surface area contributed by atoms with Crippen LogP contribution in [0.2, 0.25) is 0 Å². The summed E-state index contributed by atoms with van der Waals surface area (Å²) in [7, 11) is 0. The van der Waals surface area contributed by atoms with Crippen LogP contribution in [0.4, 0.5) is 0 Å². The van der Waals surface area contributed by atoms with Crippen LogP contribution < -0.4 is 0 Å². The fraction of sp³-hybridized carbons (Fsp3) is 0.786. The molecule has 4 rings (SSSR count). The molecule has 86 valence electrons. The highest BCUT2D eigenvalue weighted by Gasteiger charge is 2.54. The van der Waals surface area contributed by atoms with Crippen LogP contribution in [0.25, 0.3) is 0 Å². The molecule has 0 spiro atoms. The molecule has 4 aliphatic rings. The van der Waals surface area contributed by atoms with Gasteiger partial charge in [0.2, 0.25) is 0 Å². The molecule has 2 heteroatoms. The molecule has 1 atom stereocenters. The van der Waals surface area contributed by atoms with E-state index in [0.29, 0.717) is 5.57 Å². The van der Waals surface area contributed by atoms with Gasteiger partial charge in [-0.2, -0.15) is 5.26 Å². The lowest BCUT2D eigenvalue weighted by Gasteiger charge is -2.58. The first-order valence-corrected chi connectivity index (χ1v) is 6.40. The summed E-state index contributed by atoms with van der Waals surface area (Å²) in [6, 6.07) is 2.05. The first-order valence-electron chi connectivity index (χ1n) is 6.40. The van der Waals surface area contributed by atoms with Gasteiger partial charge in [-0.25, -0.2) is 0 Å². The Bertz CT molecular complexity index is 330. The number of aliphatic hydroxyl groups excluding tert-OH is 1. The molecule has 0 aromatic heterocycles. The highest BCUT2D eigenvalue weighted by molar-refractivity contribution is 5.25. The molecule has 1 N–H and O–H groups in total. The third-order valence-corrected chi connectivity index (χ3v) is 5.14. The maximum absolute atomic E-state index is 10.4. The highest BCUT2D eigenvalue weighted by Crippen LogP contribution is 2.61. The molecule has 4 fully saturated rings. The smallest absolute Gasteiger partial charge is 0.0968 e. The molecule has 2 nitrogen and oxygen atoms in total. The fourth-order valence-corrected chi connectivity index (χ4v) is 4.94. The Labute approximate surface area is 97.0 Å². The molecule has 0 saturated heterocycles. The Morgan fingerprint density at radius 2 is 1.62 bits per heavy atom. The second kappa shape index (κ2) is 3.34. The zero-order valence-electron chi connectivity index (χ0n) is 9.65. The van der Waals surface area contributed by atoms with Gasteiger partial charge in [0, 0.05) is 5.41 Å². The van der Waals surface area contributed by atoms with E-state index in [1.807, 2.05) is 6.07 Å². The van der Waals surface area contributed by atoms with Gasteiger partial charge >= 0.3 is 0 Å². The highest BCUT2D eigenvalue weighted by atomic mass is 16.3. The van der Waals surface area contributed by atoms with Crippen LogP contribution in [0, 0.1) is 34.5 Å². The van der Waals surface area contributed by atoms with Crippen LogP contribution in [0.1, 0.15) is 38.5 Å². The summed E-state index contributed by atoms with van der Waals surface area (Å²) < 4.78 is 0. The lowest BCUT2D eigenvalue weighted by Crippen LogP contribution is -2.52. The van der Waals surface area contributed by atoms with Gasteiger partial charge < -0.3 is 5.11 Å². The van der Waals surface area contributed by atoms with E-state index in [0.717, 1.165) is 37.0 Å². The molecule has 4 aliphatic carbocycles. The van der Waals surface area contributed by atoms with Gasteiger partial charge in [-0.15, -0.1) is 0 Å². The molecular formula is C14H19NO. The van der Waals surface area contributed by atoms with Gasteiger partial charge in [-0.05, 0) is 56.3 Å². The minimum absolute atomic E-state index is 0.0154. The Balaban J connectivity index is 1.89. The Hall–Kier alpha value is -0.810. The molecule has 16 heavy (non-hydrogen) atoms. The number of hydrogen-bond donors (Lipinski definition) is 1. The Morgan fingerprint density at radius 1 is 1.19 bits per heavy atom. The summed E-state index contributed by atoms with van der Waals surface area (Å²) in [4.78, 5) is 0. The molecule has 0 aromatic rings. The predicted molar refractivity (Wildman–Crippen MR) is 61.4 cm³/mol. The van der Waals surface area contributed by atoms with E-state index in [4.69, 9.17) is 5.26 Å². The first-order chi connectivity index (χ1) is 7.63. The predicted octanol–water partition coefficient (Wildman–Crippen LogP) is 2.64. The summed E-state index contributed by atoms with van der Waals surface area (Å²) in [5, 5.41) is 19.3. The Morgan fingerprint density at radius 3 is 2.00 bits per heavy atom. The topological polar surface area (TPSA) is 44.0 Å². The number of nitriles is 1. The molecule has 0 aliphatic heterocycles. The van der Waals surface area contributed by atoms with Crippen molar-refractivity contribution in [1.29, 1.82) is 5.26 Å². The van der Waals surface area contributed by atoms with E-state index in [1.54, 1.807) is 0 Å². The molecule has 1 unspecified atom stereocenters. The first kappa shape index (κ1) is 10.4. The Kier molecular flexibility index (Phi) is 2.16. The van der Waals surface area contributed by atoms with E-state index in [2.05, 4.69) is 6.58 Å². The average molecular weight is 217 g/mol. The minimum atomic E-state index is -0.578. The van der Waals surface area contributed by atoms with Gasteiger partial charge in [0.1, 0.15) is 0 Å². The fourth-order valence-electron chi connectivity index (χ4n) is 4.94. The number of hydrogen-bond acceptors (Lipinski definition) is 2. The SMILES string of the molecule is C=C(C#N)C(O)C12CC3CC(CC(C3)C1)C2. The largest absolute Gasteiger partial charge is 0.387 e. The van der Waals surface area contributed by atoms with Crippen molar-refractivity contribution in [1.82, 2.24) is 0 Å². The van der Waals surface area contributed by atoms with Crippen molar-refractivity contribution >= 4 is 0 Å². The third kappa shape index (κ3) is 1.34. The van der Waals surface area contributed by atoms with Crippen molar-refractivity contribution in [2.75, 3.05) is 0 Å². The van der Waals surface area contributed by atoms with Crippen LogP contribution in [0.3, 0.4) is 0 Å². The number of aliphatic hydroxyl groups is 1. The van der Waals surface area contributed by atoms with Crippen LogP contribution in [0.15, 0.2) is 12.2 Å². The second-order valence-corrected chi connectivity index (χ2v) is 6.32. The third-order valence-electron chi connectivity index (χ3n) is 5.14. The standard InChI is InChI=1S/C14H19NO/c1-9(8-15)13(16)14-5-10-2-11(6-14)4-12(3-10)7-14/h10-13,16H,1-7H2. The van der Waals surface area contributed by atoms with Gasteiger partial charge in [0.05, 0.1) is 17.7 Å². The van der Waals surface area contributed by atoms with E-state index < -0.39 is 6.10 Å². The van der Waals surface area contributed by atoms with Crippen molar-refractivity contribution in [2.24, 2.45) is 23.2 Å². The molecule has 0 aromatic carbocycles.